The minimum atomic E-state index is -0.418. The van der Waals surface area contributed by atoms with Gasteiger partial charge in [0.2, 0.25) is 0 Å². The number of carbonyl (C=O) groups excluding carboxylic acids is 1. The molecule has 0 spiro atoms. The number of rotatable bonds is 3. The predicted octanol–water partition coefficient (Wildman–Crippen LogP) is 1.79. The van der Waals surface area contributed by atoms with E-state index in [1.165, 1.54) is 7.11 Å². The standard InChI is InChI=1S/C13H18N2O3/c1-14-11-7-9(13(17)18-2)8-15(12(11)16)10-5-3-4-6-10/h7-8,10,14H,3-6H2,1-2H3. The van der Waals surface area contributed by atoms with Gasteiger partial charge in [-0.1, -0.05) is 12.8 Å². The molecule has 2 rings (SSSR count). The van der Waals surface area contributed by atoms with Crippen LogP contribution in [0, 0.1) is 0 Å². The van der Waals surface area contributed by atoms with Crippen molar-refractivity contribution in [2.75, 3.05) is 19.5 Å². The fourth-order valence-electron chi connectivity index (χ4n) is 2.46. The van der Waals surface area contributed by atoms with E-state index in [4.69, 9.17) is 4.74 Å². The molecular weight excluding hydrogens is 232 g/mol. The molecule has 5 heteroatoms. The Morgan fingerprint density at radius 1 is 1.44 bits per heavy atom. The second-order valence-electron chi connectivity index (χ2n) is 4.53. The van der Waals surface area contributed by atoms with Crippen molar-refractivity contribution < 1.29 is 9.53 Å². The Labute approximate surface area is 106 Å². The Morgan fingerprint density at radius 2 is 2.11 bits per heavy atom. The first-order valence-electron chi connectivity index (χ1n) is 6.19. The van der Waals surface area contributed by atoms with Crippen molar-refractivity contribution in [2.45, 2.75) is 31.7 Å². The third-order valence-electron chi connectivity index (χ3n) is 3.45. The number of nitrogens with zero attached hydrogens (tertiary/aromatic N) is 1. The second-order valence-corrected chi connectivity index (χ2v) is 4.53. The van der Waals surface area contributed by atoms with Gasteiger partial charge in [0.1, 0.15) is 5.69 Å². The number of ether oxygens (including phenoxy) is 1. The molecule has 18 heavy (non-hydrogen) atoms. The number of aromatic nitrogens is 1. The van der Waals surface area contributed by atoms with Crippen molar-refractivity contribution >= 4 is 11.7 Å². The lowest BCUT2D eigenvalue weighted by Crippen LogP contribution is -2.26. The smallest absolute Gasteiger partial charge is 0.339 e. The van der Waals surface area contributed by atoms with E-state index in [1.54, 1.807) is 23.9 Å². The Kier molecular flexibility index (Phi) is 3.69. The molecule has 0 radical (unpaired) electrons. The van der Waals surface area contributed by atoms with E-state index in [-0.39, 0.29) is 11.6 Å². The minimum absolute atomic E-state index is 0.0722. The maximum atomic E-state index is 12.2. The summed E-state index contributed by atoms with van der Waals surface area (Å²) in [6.45, 7) is 0. The summed E-state index contributed by atoms with van der Waals surface area (Å²) in [5.74, 6) is -0.418. The minimum Gasteiger partial charge on any atom is -0.465 e. The normalized spacial score (nSPS) is 15.7. The van der Waals surface area contributed by atoms with Crippen molar-refractivity contribution in [3.05, 3.63) is 28.2 Å². The maximum absolute atomic E-state index is 12.2. The van der Waals surface area contributed by atoms with E-state index < -0.39 is 5.97 Å². The van der Waals surface area contributed by atoms with Gasteiger partial charge in [0.15, 0.2) is 0 Å². The fourth-order valence-corrected chi connectivity index (χ4v) is 2.46. The predicted molar refractivity (Wildman–Crippen MR) is 69.1 cm³/mol. The van der Waals surface area contributed by atoms with E-state index in [0.29, 0.717) is 11.3 Å². The van der Waals surface area contributed by atoms with E-state index in [9.17, 15) is 9.59 Å². The molecule has 0 amide bonds. The third kappa shape index (κ3) is 2.25. The molecule has 0 bridgehead atoms. The van der Waals surface area contributed by atoms with Crippen molar-refractivity contribution in [3.63, 3.8) is 0 Å². The van der Waals surface area contributed by atoms with Crippen LogP contribution in [0.5, 0.6) is 0 Å². The Balaban J connectivity index is 2.49. The Hall–Kier alpha value is -1.78. The lowest BCUT2D eigenvalue weighted by molar-refractivity contribution is 0.0599. The molecule has 1 aromatic heterocycles. The number of methoxy groups -OCH3 is 1. The summed E-state index contributed by atoms with van der Waals surface area (Å²) in [6, 6.07) is 1.74. The van der Waals surface area contributed by atoms with E-state index in [2.05, 4.69) is 5.32 Å². The number of anilines is 1. The summed E-state index contributed by atoms with van der Waals surface area (Å²) in [6.07, 6.45) is 5.87. The van der Waals surface area contributed by atoms with Gasteiger partial charge in [-0.25, -0.2) is 4.79 Å². The molecule has 1 aromatic rings. The van der Waals surface area contributed by atoms with Gasteiger partial charge < -0.3 is 14.6 Å². The molecule has 1 aliphatic carbocycles. The highest BCUT2D eigenvalue weighted by Gasteiger charge is 2.21. The van der Waals surface area contributed by atoms with Crippen LogP contribution in [0.1, 0.15) is 42.1 Å². The zero-order valence-electron chi connectivity index (χ0n) is 10.7. The van der Waals surface area contributed by atoms with Crippen LogP contribution in [-0.4, -0.2) is 24.7 Å². The van der Waals surface area contributed by atoms with Gasteiger partial charge in [0.25, 0.3) is 5.56 Å². The number of pyridine rings is 1. The van der Waals surface area contributed by atoms with Crippen LogP contribution < -0.4 is 10.9 Å². The summed E-state index contributed by atoms with van der Waals surface area (Å²) < 4.78 is 6.38. The first-order chi connectivity index (χ1) is 8.67. The van der Waals surface area contributed by atoms with Crippen LogP contribution in [0.3, 0.4) is 0 Å². The summed E-state index contributed by atoms with van der Waals surface area (Å²) >= 11 is 0. The largest absolute Gasteiger partial charge is 0.465 e. The molecule has 98 valence electrons. The summed E-state index contributed by atoms with van der Waals surface area (Å²) in [5.41, 5.74) is 0.773. The molecule has 1 heterocycles. The lowest BCUT2D eigenvalue weighted by atomic mass is 10.2. The second kappa shape index (κ2) is 5.25. The van der Waals surface area contributed by atoms with Crippen LogP contribution in [-0.2, 0) is 4.74 Å². The summed E-state index contributed by atoms with van der Waals surface area (Å²) in [4.78, 5) is 23.8. The third-order valence-corrected chi connectivity index (χ3v) is 3.45. The highest BCUT2D eigenvalue weighted by atomic mass is 16.5. The van der Waals surface area contributed by atoms with Crippen molar-refractivity contribution in [1.82, 2.24) is 4.57 Å². The van der Waals surface area contributed by atoms with Crippen LogP contribution in [0.2, 0.25) is 0 Å². The van der Waals surface area contributed by atoms with Gasteiger partial charge in [-0.15, -0.1) is 0 Å². The van der Waals surface area contributed by atoms with Crippen LogP contribution >= 0.6 is 0 Å². The lowest BCUT2D eigenvalue weighted by Gasteiger charge is -2.16. The van der Waals surface area contributed by atoms with Gasteiger partial charge in [-0.05, 0) is 18.9 Å². The summed E-state index contributed by atoms with van der Waals surface area (Å²) in [7, 11) is 3.02. The van der Waals surface area contributed by atoms with Gasteiger partial charge in [0.05, 0.1) is 12.7 Å². The quantitative estimate of drug-likeness (QED) is 0.831. The monoisotopic (exact) mass is 250 g/mol. The Morgan fingerprint density at radius 3 is 2.67 bits per heavy atom. The maximum Gasteiger partial charge on any atom is 0.339 e. The molecule has 1 aliphatic rings. The van der Waals surface area contributed by atoms with Crippen LogP contribution in [0.25, 0.3) is 0 Å². The fraction of sp³-hybridized carbons (Fsp3) is 0.538. The summed E-state index contributed by atoms with van der Waals surface area (Å²) in [5, 5.41) is 2.84. The van der Waals surface area contributed by atoms with Crippen molar-refractivity contribution in [1.29, 1.82) is 0 Å². The molecule has 0 aromatic carbocycles. The highest BCUT2D eigenvalue weighted by molar-refractivity contribution is 5.90. The zero-order chi connectivity index (χ0) is 13.1. The molecule has 0 aliphatic heterocycles. The average Bonchev–Trinajstić information content (AvgIpc) is 2.92. The van der Waals surface area contributed by atoms with Crippen molar-refractivity contribution in [3.8, 4) is 0 Å². The molecule has 0 unspecified atom stereocenters. The Bertz CT molecular complexity index is 501. The number of nitrogens with one attached hydrogen (secondary N) is 1. The first kappa shape index (κ1) is 12.7. The van der Waals surface area contributed by atoms with E-state index in [1.807, 2.05) is 0 Å². The zero-order valence-corrected chi connectivity index (χ0v) is 10.7. The average molecular weight is 250 g/mol. The highest BCUT2D eigenvalue weighted by Crippen LogP contribution is 2.28. The van der Waals surface area contributed by atoms with Gasteiger partial charge in [0, 0.05) is 19.3 Å². The van der Waals surface area contributed by atoms with Crippen LogP contribution in [0.15, 0.2) is 17.1 Å². The van der Waals surface area contributed by atoms with Crippen LogP contribution in [0.4, 0.5) is 5.69 Å². The molecule has 5 nitrogen and oxygen atoms in total. The molecule has 1 saturated carbocycles. The molecule has 0 saturated heterocycles. The molecule has 1 N–H and O–H groups in total. The number of esters is 1. The van der Waals surface area contributed by atoms with E-state index in [0.717, 1.165) is 25.7 Å². The molecule has 0 atom stereocenters. The molecule has 1 fully saturated rings. The van der Waals surface area contributed by atoms with E-state index >= 15 is 0 Å². The van der Waals surface area contributed by atoms with Gasteiger partial charge in [-0.3, -0.25) is 4.79 Å². The van der Waals surface area contributed by atoms with Gasteiger partial charge in [-0.2, -0.15) is 0 Å². The first-order valence-corrected chi connectivity index (χ1v) is 6.19. The topological polar surface area (TPSA) is 60.3 Å². The number of hydrogen-bond acceptors (Lipinski definition) is 4. The van der Waals surface area contributed by atoms with Gasteiger partial charge >= 0.3 is 5.97 Å². The number of carbonyl (C=O) groups is 1. The number of hydrogen-bond donors (Lipinski definition) is 1. The van der Waals surface area contributed by atoms with Crippen molar-refractivity contribution in [2.24, 2.45) is 0 Å². The molecular formula is C13H18N2O3. The SMILES string of the molecule is CNc1cc(C(=O)OC)cn(C2CCCC2)c1=O.